The molecule has 1 aliphatic rings. The molecule has 0 bridgehead atoms. The van der Waals surface area contributed by atoms with E-state index in [2.05, 4.69) is 36.0 Å². The molecule has 0 radical (unpaired) electrons. The van der Waals surface area contributed by atoms with E-state index >= 15 is 0 Å². The number of piperidine rings is 1. The molecule has 3 heteroatoms. The zero-order valence-corrected chi connectivity index (χ0v) is 10.4. The molecule has 0 amide bonds. The van der Waals surface area contributed by atoms with Crippen molar-refractivity contribution in [1.29, 1.82) is 0 Å². The third-order valence-corrected chi connectivity index (χ3v) is 3.11. The number of carbonyl (C=O) groups excluding carboxylic acids is 1. The van der Waals surface area contributed by atoms with Crippen molar-refractivity contribution >= 4 is 13.9 Å². The second-order valence-electron chi connectivity index (χ2n) is 4.87. The first-order valence-corrected chi connectivity index (χ1v) is 8.71. The molecule has 1 rings (SSSR count). The summed E-state index contributed by atoms with van der Waals surface area (Å²) in [7, 11) is -1.21. The molecule has 0 aromatic rings. The fourth-order valence-corrected chi connectivity index (χ4v) is 1.99. The Morgan fingerprint density at radius 1 is 1.29 bits per heavy atom. The predicted octanol–water partition coefficient (Wildman–Crippen LogP) is 1.53. The maximum absolute atomic E-state index is 11.0. The number of nitrogens with zero attached hydrogens (tertiary/aromatic N) is 1. The lowest BCUT2D eigenvalue weighted by molar-refractivity contribution is -0.121. The summed E-state index contributed by atoms with van der Waals surface area (Å²) in [5.74, 6) is 3.64. The average Bonchev–Trinajstić information content (AvgIpc) is 2.06. The van der Waals surface area contributed by atoms with Gasteiger partial charge in [-0.05, 0) is 0 Å². The van der Waals surface area contributed by atoms with Crippen LogP contribution >= 0.6 is 0 Å². The van der Waals surface area contributed by atoms with Crippen molar-refractivity contribution in [3.63, 3.8) is 0 Å². The van der Waals surface area contributed by atoms with Crippen molar-refractivity contribution in [3.05, 3.63) is 0 Å². The van der Waals surface area contributed by atoms with Crippen LogP contribution in [0.1, 0.15) is 12.8 Å². The van der Waals surface area contributed by atoms with Crippen molar-refractivity contribution in [2.24, 2.45) is 0 Å². The number of hydrogen-bond donors (Lipinski definition) is 0. The molecule has 1 heterocycles. The first kappa shape index (κ1) is 11.5. The Morgan fingerprint density at radius 3 is 2.36 bits per heavy atom. The first-order chi connectivity index (χ1) is 6.47. The molecule has 14 heavy (non-hydrogen) atoms. The van der Waals surface area contributed by atoms with Crippen LogP contribution < -0.4 is 0 Å². The topological polar surface area (TPSA) is 20.3 Å². The number of ketones is 1. The van der Waals surface area contributed by atoms with E-state index in [0.717, 1.165) is 19.6 Å². The molecule has 0 aliphatic carbocycles. The summed E-state index contributed by atoms with van der Waals surface area (Å²) in [5, 5.41) is 0. The number of likely N-dealkylation sites (tertiary alicyclic amines) is 1. The predicted molar refractivity (Wildman–Crippen MR) is 61.8 cm³/mol. The van der Waals surface area contributed by atoms with Crippen LogP contribution in [0.25, 0.3) is 0 Å². The minimum Gasteiger partial charge on any atom is -0.300 e. The van der Waals surface area contributed by atoms with Gasteiger partial charge in [0.25, 0.3) is 0 Å². The molecule has 0 unspecified atom stereocenters. The van der Waals surface area contributed by atoms with E-state index < -0.39 is 8.07 Å². The fourth-order valence-electron chi connectivity index (χ4n) is 1.38. The fraction of sp³-hybridized carbons (Fsp3) is 0.727. The van der Waals surface area contributed by atoms with Crippen molar-refractivity contribution < 1.29 is 4.79 Å². The lowest BCUT2D eigenvalue weighted by Crippen LogP contribution is -2.34. The van der Waals surface area contributed by atoms with Gasteiger partial charge in [0.05, 0.1) is 6.54 Å². The van der Waals surface area contributed by atoms with Gasteiger partial charge in [0.2, 0.25) is 0 Å². The largest absolute Gasteiger partial charge is 0.300 e. The molecule has 0 aromatic carbocycles. The van der Waals surface area contributed by atoms with E-state index in [-0.39, 0.29) is 0 Å². The summed E-state index contributed by atoms with van der Waals surface area (Å²) in [6, 6.07) is 0. The third-order valence-electron chi connectivity index (χ3n) is 2.18. The van der Waals surface area contributed by atoms with Crippen LogP contribution in [0, 0.1) is 11.5 Å². The van der Waals surface area contributed by atoms with E-state index in [1.54, 1.807) is 0 Å². The Labute approximate surface area is 87.7 Å². The van der Waals surface area contributed by atoms with Crippen molar-refractivity contribution in [1.82, 2.24) is 4.90 Å². The molecule has 78 valence electrons. The molecule has 1 saturated heterocycles. The van der Waals surface area contributed by atoms with Gasteiger partial charge in [0.1, 0.15) is 13.9 Å². The van der Waals surface area contributed by atoms with Crippen LogP contribution in [0.4, 0.5) is 0 Å². The molecule has 2 nitrogen and oxygen atoms in total. The van der Waals surface area contributed by atoms with Gasteiger partial charge in [-0.3, -0.25) is 9.69 Å². The molecular weight excluding hydrogens is 190 g/mol. The maximum Gasteiger partial charge on any atom is 0.135 e. The third kappa shape index (κ3) is 4.59. The second-order valence-corrected chi connectivity index (χ2v) is 9.62. The first-order valence-electron chi connectivity index (χ1n) is 5.21. The Kier molecular flexibility index (Phi) is 3.91. The SMILES string of the molecule is C[Si](C)(C)C#CCN1CCC(=O)CC1. The van der Waals surface area contributed by atoms with E-state index in [0.29, 0.717) is 18.6 Å². The standard InChI is InChI=1S/C11H19NOSi/c1-14(2,3)10-4-7-12-8-5-11(13)6-9-12/h5-9H2,1-3H3. The lowest BCUT2D eigenvalue weighted by Gasteiger charge is -2.23. The summed E-state index contributed by atoms with van der Waals surface area (Å²) in [6.07, 6.45) is 1.43. The van der Waals surface area contributed by atoms with Gasteiger partial charge in [-0.15, -0.1) is 5.54 Å². The van der Waals surface area contributed by atoms with E-state index in [1.807, 2.05) is 0 Å². The summed E-state index contributed by atoms with van der Waals surface area (Å²) >= 11 is 0. The summed E-state index contributed by atoms with van der Waals surface area (Å²) in [6.45, 7) is 9.40. The van der Waals surface area contributed by atoms with Crippen LogP contribution in [0.2, 0.25) is 19.6 Å². The monoisotopic (exact) mass is 209 g/mol. The van der Waals surface area contributed by atoms with Crippen molar-refractivity contribution in [2.75, 3.05) is 19.6 Å². The smallest absolute Gasteiger partial charge is 0.135 e. The molecule has 1 aliphatic heterocycles. The minimum atomic E-state index is -1.21. The molecule has 0 aromatic heterocycles. The lowest BCUT2D eigenvalue weighted by atomic mass is 10.1. The van der Waals surface area contributed by atoms with Gasteiger partial charge in [0.15, 0.2) is 0 Å². The van der Waals surface area contributed by atoms with Crippen molar-refractivity contribution in [3.8, 4) is 11.5 Å². The summed E-state index contributed by atoms with van der Waals surface area (Å²) < 4.78 is 0. The Bertz CT molecular complexity index is 259. The normalized spacial score (nSPS) is 18.9. The highest BCUT2D eigenvalue weighted by Gasteiger charge is 2.14. The Balaban J connectivity index is 2.31. The van der Waals surface area contributed by atoms with E-state index in [4.69, 9.17) is 0 Å². The van der Waals surface area contributed by atoms with Gasteiger partial charge in [-0.25, -0.2) is 0 Å². The zero-order valence-electron chi connectivity index (χ0n) is 9.39. The van der Waals surface area contributed by atoms with Crippen LogP contribution in [-0.2, 0) is 4.79 Å². The number of Topliss-reactive ketones (excluding diaryl/α,β-unsaturated/α-hetero) is 1. The summed E-state index contributed by atoms with van der Waals surface area (Å²) in [5.41, 5.74) is 3.34. The van der Waals surface area contributed by atoms with E-state index in [1.165, 1.54) is 0 Å². The number of rotatable bonds is 1. The second kappa shape index (κ2) is 4.76. The zero-order chi connectivity index (χ0) is 10.6. The molecule has 0 spiro atoms. The van der Waals surface area contributed by atoms with Gasteiger partial charge in [0, 0.05) is 25.9 Å². The van der Waals surface area contributed by atoms with Crippen LogP contribution in [0.5, 0.6) is 0 Å². The molecule has 0 atom stereocenters. The van der Waals surface area contributed by atoms with Crippen LogP contribution in [0.15, 0.2) is 0 Å². The minimum absolute atomic E-state index is 0.402. The van der Waals surface area contributed by atoms with Crippen LogP contribution in [-0.4, -0.2) is 38.4 Å². The Morgan fingerprint density at radius 2 is 1.86 bits per heavy atom. The average molecular weight is 209 g/mol. The van der Waals surface area contributed by atoms with Gasteiger partial charge in [-0.1, -0.05) is 25.6 Å². The van der Waals surface area contributed by atoms with Gasteiger partial charge >= 0.3 is 0 Å². The quantitative estimate of drug-likeness (QED) is 0.482. The highest BCUT2D eigenvalue weighted by molar-refractivity contribution is 6.83. The Hall–Kier alpha value is -0.593. The number of hydrogen-bond acceptors (Lipinski definition) is 2. The highest BCUT2D eigenvalue weighted by atomic mass is 28.3. The summed E-state index contributed by atoms with van der Waals surface area (Å²) in [4.78, 5) is 13.3. The molecule has 1 fully saturated rings. The number of carbonyl (C=O) groups is 1. The highest BCUT2D eigenvalue weighted by Crippen LogP contribution is 2.04. The molecule has 0 saturated carbocycles. The van der Waals surface area contributed by atoms with Crippen LogP contribution in [0.3, 0.4) is 0 Å². The molecule has 0 N–H and O–H groups in total. The van der Waals surface area contributed by atoms with Crippen molar-refractivity contribution in [2.45, 2.75) is 32.5 Å². The maximum atomic E-state index is 11.0. The molecular formula is C11H19NOSi. The van der Waals surface area contributed by atoms with Gasteiger partial charge < -0.3 is 0 Å². The van der Waals surface area contributed by atoms with E-state index in [9.17, 15) is 4.79 Å². The van der Waals surface area contributed by atoms with Gasteiger partial charge in [-0.2, -0.15) is 0 Å².